The molecule has 0 aromatic carbocycles. The molecule has 2 heterocycles. The number of rotatable bonds is 4. The standard InChI is InChI=1S/C13H24N4O3S/c1-13(2,3)12-15-14-11(20-12)9-17-7-5-10(6-8-17)16-21(4,18)19/h10,16H,5-9H2,1-4H3. The Morgan fingerprint density at radius 2 is 1.90 bits per heavy atom. The zero-order chi connectivity index (χ0) is 15.7. The summed E-state index contributed by atoms with van der Waals surface area (Å²) in [6.45, 7) is 8.36. The van der Waals surface area contributed by atoms with E-state index in [1.807, 2.05) is 20.8 Å². The smallest absolute Gasteiger partial charge is 0.230 e. The zero-order valence-electron chi connectivity index (χ0n) is 13.1. The van der Waals surface area contributed by atoms with Crippen molar-refractivity contribution in [1.82, 2.24) is 19.8 Å². The fourth-order valence-electron chi connectivity index (χ4n) is 2.32. The third-order valence-electron chi connectivity index (χ3n) is 3.44. The molecule has 120 valence electrons. The topological polar surface area (TPSA) is 88.3 Å². The molecule has 1 aliphatic heterocycles. The molecule has 7 nitrogen and oxygen atoms in total. The predicted molar refractivity (Wildman–Crippen MR) is 79.3 cm³/mol. The lowest BCUT2D eigenvalue weighted by Gasteiger charge is -2.30. The van der Waals surface area contributed by atoms with Crippen LogP contribution in [0.25, 0.3) is 0 Å². The molecule has 21 heavy (non-hydrogen) atoms. The van der Waals surface area contributed by atoms with E-state index in [0.29, 0.717) is 18.3 Å². The molecule has 0 saturated carbocycles. The normalized spacial score (nSPS) is 19.0. The highest BCUT2D eigenvalue weighted by Gasteiger charge is 2.25. The third kappa shape index (κ3) is 5.05. The maximum atomic E-state index is 11.2. The summed E-state index contributed by atoms with van der Waals surface area (Å²) in [5, 5.41) is 8.17. The molecule has 2 rings (SSSR count). The molecule has 0 amide bonds. The van der Waals surface area contributed by atoms with Gasteiger partial charge in [0.05, 0.1) is 12.8 Å². The van der Waals surface area contributed by atoms with Gasteiger partial charge < -0.3 is 4.42 Å². The molecular formula is C13H24N4O3S. The minimum Gasteiger partial charge on any atom is -0.423 e. The molecule has 0 bridgehead atoms. The van der Waals surface area contributed by atoms with E-state index >= 15 is 0 Å². The summed E-state index contributed by atoms with van der Waals surface area (Å²) >= 11 is 0. The predicted octanol–water partition coefficient (Wildman–Crippen LogP) is 0.881. The average molecular weight is 316 g/mol. The summed E-state index contributed by atoms with van der Waals surface area (Å²) in [6.07, 6.45) is 2.80. The Morgan fingerprint density at radius 3 is 2.38 bits per heavy atom. The number of nitrogens with zero attached hydrogens (tertiary/aromatic N) is 3. The van der Waals surface area contributed by atoms with E-state index in [1.165, 1.54) is 6.26 Å². The molecule has 1 aromatic heterocycles. The average Bonchev–Trinajstić information content (AvgIpc) is 2.78. The maximum Gasteiger partial charge on any atom is 0.230 e. The Labute approximate surface area is 126 Å². The second-order valence-corrected chi connectivity index (χ2v) is 8.47. The van der Waals surface area contributed by atoms with Crippen LogP contribution < -0.4 is 4.72 Å². The maximum absolute atomic E-state index is 11.2. The van der Waals surface area contributed by atoms with E-state index in [9.17, 15) is 8.42 Å². The molecule has 1 saturated heterocycles. The second-order valence-electron chi connectivity index (χ2n) is 6.69. The van der Waals surface area contributed by atoms with Crippen LogP contribution in [0.15, 0.2) is 4.42 Å². The molecule has 1 fully saturated rings. The minimum absolute atomic E-state index is 0.0315. The Kier molecular flexibility index (Phi) is 4.69. The Morgan fingerprint density at radius 1 is 1.29 bits per heavy atom. The van der Waals surface area contributed by atoms with Gasteiger partial charge in [-0.05, 0) is 12.8 Å². The van der Waals surface area contributed by atoms with Crippen molar-refractivity contribution in [2.75, 3.05) is 19.3 Å². The minimum atomic E-state index is -3.12. The van der Waals surface area contributed by atoms with Crippen molar-refractivity contribution in [3.8, 4) is 0 Å². The highest BCUT2D eigenvalue weighted by atomic mass is 32.2. The number of hydrogen-bond acceptors (Lipinski definition) is 6. The Bertz CT molecular complexity index is 568. The van der Waals surface area contributed by atoms with Gasteiger partial charge in [0.1, 0.15) is 0 Å². The van der Waals surface area contributed by atoms with Gasteiger partial charge in [-0.3, -0.25) is 4.90 Å². The first kappa shape index (κ1) is 16.4. The molecule has 1 aliphatic rings. The number of nitrogens with one attached hydrogen (secondary N) is 1. The first-order valence-electron chi connectivity index (χ1n) is 7.16. The Hall–Kier alpha value is -0.990. The first-order valence-corrected chi connectivity index (χ1v) is 9.05. The zero-order valence-corrected chi connectivity index (χ0v) is 13.9. The van der Waals surface area contributed by atoms with Crippen molar-refractivity contribution in [2.45, 2.75) is 51.6 Å². The van der Waals surface area contributed by atoms with Crippen LogP contribution >= 0.6 is 0 Å². The van der Waals surface area contributed by atoms with E-state index in [0.717, 1.165) is 25.9 Å². The molecule has 0 atom stereocenters. The van der Waals surface area contributed by atoms with Crippen molar-refractivity contribution in [2.24, 2.45) is 0 Å². The van der Waals surface area contributed by atoms with Gasteiger partial charge in [-0.25, -0.2) is 13.1 Å². The van der Waals surface area contributed by atoms with Crippen molar-refractivity contribution in [1.29, 1.82) is 0 Å². The molecule has 0 unspecified atom stereocenters. The van der Waals surface area contributed by atoms with Crippen molar-refractivity contribution >= 4 is 10.0 Å². The molecule has 1 N–H and O–H groups in total. The van der Waals surface area contributed by atoms with Gasteiger partial charge in [-0.15, -0.1) is 10.2 Å². The van der Waals surface area contributed by atoms with Gasteiger partial charge in [-0.1, -0.05) is 20.8 Å². The van der Waals surface area contributed by atoms with Gasteiger partial charge in [0.2, 0.25) is 21.8 Å². The van der Waals surface area contributed by atoms with E-state index in [2.05, 4.69) is 19.8 Å². The molecule has 8 heteroatoms. The molecular weight excluding hydrogens is 292 g/mol. The largest absolute Gasteiger partial charge is 0.423 e. The van der Waals surface area contributed by atoms with Crippen LogP contribution in [0.3, 0.4) is 0 Å². The van der Waals surface area contributed by atoms with E-state index in [1.54, 1.807) is 0 Å². The fourth-order valence-corrected chi connectivity index (χ4v) is 3.16. The van der Waals surface area contributed by atoms with Gasteiger partial charge in [-0.2, -0.15) is 0 Å². The highest BCUT2D eigenvalue weighted by Crippen LogP contribution is 2.21. The number of likely N-dealkylation sites (tertiary alicyclic amines) is 1. The molecule has 0 aliphatic carbocycles. The van der Waals surface area contributed by atoms with Gasteiger partial charge in [0.25, 0.3) is 0 Å². The van der Waals surface area contributed by atoms with Crippen LogP contribution in [0.2, 0.25) is 0 Å². The number of aromatic nitrogens is 2. The summed E-state index contributed by atoms with van der Waals surface area (Å²) in [6, 6.07) is 0.0315. The third-order valence-corrected chi connectivity index (χ3v) is 4.20. The van der Waals surface area contributed by atoms with Gasteiger partial charge in [0, 0.05) is 24.5 Å². The van der Waals surface area contributed by atoms with Gasteiger partial charge >= 0.3 is 0 Å². The lowest BCUT2D eigenvalue weighted by Crippen LogP contribution is -2.44. The van der Waals surface area contributed by atoms with Gasteiger partial charge in [0.15, 0.2) is 0 Å². The quantitative estimate of drug-likeness (QED) is 0.887. The summed E-state index contributed by atoms with van der Waals surface area (Å²) in [5.41, 5.74) is -0.141. The van der Waals surface area contributed by atoms with Crippen molar-refractivity contribution in [3.05, 3.63) is 11.8 Å². The molecule has 0 radical (unpaired) electrons. The monoisotopic (exact) mass is 316 g/mol. The fraction of sp³-hybridized carbons (Fsp3) is 0.846. The Balaban J connectivity index is 1.85. The van der Waals surface area contributed by atoms with Crippen LogP contribution in [0.4, 0.5) is 0 Å². The van der Waals surface area contributed by atoms with Crippen LogP contribution in [-0.2, 0) is 22.0 Å². The number of piperidine rings is 1. The van der Waals surface area contributed by atoms with Crippen LogP contribution in [0.1, 0.15) is 45.4 Å². The lowest BCUT2D eigenvalue weighted by atomic mass is 9.97. The summed E-state index contributed by atoms with van der Waals surface area (Å²) in [5.74, 6) is 1.26. The van der Waals surface area contributed by atoms with Crippen LogP contribution in [-0.4, -0.2) is 48.9 Å². The van der Waals surface area contributed by atoms with Crippen molar-refractivity contribution in [3.63, 3.8) is 0 Å². The first-order chi connectivity index (χ1) is 9.63. The SMILES string of the molecule is CC(C)(C)c1nnc(CN2CCC(NS(C)(=O)=O)CC2)o1. The highest BCUT2D eigenvalue weighted by molar-refractivity contribution is 7.88. The second kappa shape index (κ2) is 6.02. The lowest BCUT2D eigenvalue weighted by molar-refractivity contribution is 0.181. The molecule has 1 aromatic rings. The van der Waals surface area contributed by atoms with E-state index < -0.39 is 10.0 Å². The summed E-state index contributed by atoms with van der Waals surface area (Å²) < 4.78 is 30.8. The van der Waals surface area contributed by atoms with Crippen LogP contribution in [0.5, 0.6) is 0 Å². The van der Waals surface area contributed by atoms with E-state index in [4.69, 9.17) is 4.42 Å². The van der Waals surface area contributed by atoms with E-state index in [-0.39, 0.29) is 11.5 Å². The summed E-state index contributed by atoms with van der Waals surface area (Å²) in [4.78, 5) is 2.21. The number of hydrogen-bond donors (Lipinski definition) is 1. The summed E-state index contributed by atoms with van der Waals surface area (Å²) in [7, 11) is -3.12. The van der Waals surface area contributed by atoms with Crippen molar-refractivity contribution < 1.29 is 12.8 Å². The van der Waals surface area contributed by atoms with Crippen LogP contribution in [0, 0.1) is 0 Å². The number of sulfonamides is 1. The molecule has 0 spiro atoms.